The van der Waals surface area contributed by atoms with Crippen LogP contribution in [-0.4, -0.2) is 14.2 Å². The maximum atomic E-state index is 6.24. The van der Waals surface area contributed by atoms with Crippen molar-refractivity contribution in [1.29, 1.82) is 0 Å². The molecule has 0 aliphatic carbocycles. The zero-order chi connectivity index (χ0) is 13.8. The first-order chi connectivity index (χ1) is 9.17. The molecule has 19 heavy (non-hydrogen) atoms. The molecule has 0 spiro atoms. The van der Waals surface area contributed by atoms with E-state index in [0.29, 0.717) is 10.0 Å². The number of hydrogen-bond donors (Lipinski definition) is 1. The number of ether oxygens (including phenoxy) is 1. The molecule has 0 saturated heterocycles. The highest BCUT2D eigenvalue weighted by molar-refractivity contribution is 7.10. The number of rotatable bonds is 5. The molecule has 1 atom stereocenters. The number of thiophene rings is 1. The molecule has 0 saturated carbocycles. The molecule has 1 aromatic heterocycles. The summed E-state index contributed by atoms with van der Waals surface area (Å²) in [7, 11) is 3.62. The standard InChI is InChI=1S/C14H15Cl2NOS/c1-17-11(14-12(18-2)6-7-19-14)8-9-4-3-5-10(15)13(9)16/h3-7,11,17H,8H2,1-2H3. The average molecular weight is 316 g/mol. The Labute approximate surface area is 127 Å². The fourth-order valence-electron chi connectivity index (χ4n) is 1.98. The molecule has 1 unspecified atom stereocenters. The maximum absolute atomic E-state index is 6.24. The molecular weight excluding hydrogens is 301 g/mol. The van der Waals surface area contributed by atoms with Gasteiger partial charge in [0.1, 0.15) is 5.75 Å². The second kappa shape index (κ2) is 6.62. The lowest BCUT2D eigenvalue weighted by Crippen LogP contribution is -2.18. The van der Waals surface area contributed by atoms with Gasteiger partial charge in [-0.1, -0.05) is 35.3 Å². The van der Waals surface area contributed by atoms with Crippen LogP contribution in [0.2, 0.25) is 10.0 Å². The van der Waals surface area contributed by atoms with E-state index in [2.05, 4.69) is 5.32 Å². The fourth-order valence-corrected chi connectivity index (χ4v) is 3.35. The van der Waals surface area contributed by atoms with Crippen LogP contribution in [0.25, 0.3) is 0 Å². The predicted octanol–water partition coefficient (Wildman–Crippen LogP) is 4.57. The van der Waals surface area contributed by atoms with Crippen LogP contribution in [0.15, 0.2) is 29.6 Å². The molecule has 5 heteroatoms. The zero-order valence-electron chi connectivity index (χ0n) is 10.7. The zero-order valence-corrected chi connectivity index (χ0v) is 13.1. The number of hydrogen-bond acceptors (Lipinski definition) is 3. The Balaban J connectivity index is 2.27. The van der Waals surface area contributed by atoms with Crippen molar-refractivity contribution >= 4 is 34.5 Å². The van der Waals surface area contributed by atoms with Crippen LogP contribution >= 0.6 is 34.5 Å². The van der Waals surface area contributed by atoms with Crippen LogP contribution in [0.4, 0.5) is 0 Å². The highest BCUT2D eigenvalue weighted by atomic mass is 35.5. The lowest BCUT2D eigenvalue weighted by molar-refractivity contribution is 0.405. The summed E-state index contributed by atoms with van der Waals surface area (Å²) in [4.78, 5) is 1.17. The minimum Gasteiger partial charge on any atom is -0.496 e. The fraction of sp³-hybridized carbons (Fsp3) is 0.286. The Morgan fingerprint density at radius 1 is 1.32 bits per heavy atom. The first kappa shape index (κ1) is 14.7. The highest BCUT2D eigenvalue weighted by Gasteiger charge is 2.18. The summed E-state index contributed by atoms with van der Waals surface area (Å²) < 4.78 is 5.37. The van der Waals surface area contributed by atoms with Gasteiger partial charge in [-0.15, -0.1) is 11.3 Å². The van der Waals surface area contributed by atoms with Crippen LogP contribution in [0, 0.1) is 0 Å². The summed E-state index contributed by atoms with van der Waals surface area (Å²) in [5.41, 5.74) is 1.03. The van der Waals surface area contributed by atoms with E-state index in [-0.39, 0.29) is 6.04 Å². The van der Waals surface area contributed by atoms with Gasteiger partial charge in [0.25, 0.3) is 0 Å². The molecule has 1 heterocycles. The van der Waals surface area contributed by atoms with E-state index < -0.39 is 0 Å². The molecule has 2 rings (SSSR count). The Kier molecular flexibility index (Phi) is 5.11. The summed E-state index contributed by atoms with van der Waals surface area (Å²) in [6.07, 6.45) is 0.771. The van der Waals surface area contributed by atoms with Crippen molar-refractivity contribution in [2.45, 2.75) is 12.5 Å². The van der Waals surface area contributed by atoms with Crippen molar-refractivity contribution in [1.82, 2.24) is 5.32 Å². The Morgan fingerprint density at radius 3 is 2.79 bits per heavy atom. The van der Waals surface area contributed by atoms with Gasteiger partial charge < -0.3 is 10.1 Å². The molecule has 0 radical (unpaired) electrons. The lowest BCUT2D eigenvalue weighted by atomic mass is 10.0. The quantitative estimate of drug-likeness (QED) is 0.872. The van der Waals surface area contributed by atoms with E-state index >= 15 is 0 Å². The van der Waals surface area contributed by atoms with Gasteiger partial charge >= 0.3 is 0 Å². The maximum Gasteiger partial charge on any atom is 0.134 e. The van der Waals surface area contributed by atoms with Gasteiger partial charge in [-0.25, -0.2) is 0 Å². The van der Waals surface area contributed by atoms with Gasteiger partial charge in [-0.2, -0.15) is 0 Å². The molecule has 0 aliphatic heterocycles. The van der Waals surface area contributed by atoms with Crippen molar-refractivity contribution in [2.75, 3.05) is 14.2 Å². The first-order valence-electron chi connectivity index (χ1n) is 5.89. The lowest BCUT2D eigenvalue weighted by Gasteiger charge is -2.17. The predicted molar refractivity (Wildman–Crippen MR) is 82.8 cm³/mol. The van der Waals surface area contributed by atoms with Gasteiger partial charge in [-0.3, -0.25) is 0 Å². The number of likely N-dealkylation sites (N-methyl/N-ethyl adjacent to an activating group) is 1. The number of methoxy groups -OCH3 is 1. The molecule has 2 aromatic rings. The van der Waals surface area contributed by atoms with Crippen LogP contribution in [-0.2, 0) is 6.42 Å². The third kappa shape index (κ3) is 3.23. The summed E-state index contributed by atoms with van der Waals surface area (Å²) in [5.74, 6) is 0.905. The summed E-state index contributed by atoms with van der Waals surface area (Å²) in [6.45, 7) is 0. The van der Waals surface area contributed by atoms with Crippen molar-refractivity contribution in [3.63, 3.8) is 0 Å². The third-order valence-corrected chi connectivity index (χ3v) is 4.87. The number of benzene rings is 1. The van der Waals surface area contributed by atoms with Crippen molar-refractivity contribution in [3.8, 4) is 5.75 Å². The van der Waals surface area contributed by atoms with Crippen LogP contribution in [0.5, 0.6) is 5.75 Å². The Morgan fingerprint density at radius 2 is 2.11 bits per heavy atom. The minimum absolute atomic E-state index is 0.158. The van der Waals surface area contributed by atoms with E-state index in [9.17, 15) is 0 Å². The molecule has 0 aliphatic rings. The number of nitrogens with one attached hydrogen (secondary N) is 1. The second-order valence-electron chi connectivity index (χ2n) is 4.11. The molecule has 0 bridgehead atoms. The smallest absolute Gasteiger partial charge is 0.134 e. The van der Waals surface area contributed by atoms with Crippen molar-refractivity contribution in [3.05, 3.63) is 50.1 Å². The normalized spacial score (nSPS) is 12.4. The summed E-state index contributed by atoms with van der Waals surface area (Å²) in [6, 6.07) is 7.85. The van der Waals surface area contributed by atoms with Crippen LogP contribution < -0.4 is 10.1 Å². The van der Waals surface area contributed by atoms with Gasteiger partial charge in [0.15, 0.2) is 0 Å². The largest absolute Gasteiger partial charge is 0.496 e. The molecule has 1 aromatic carbocycles. The van der Waals surface area contributed by atoms with Gasteiger partial charge in [0.2, 0.25) is 0 Å². The highest BCUT2D eigenvalue weighted by Crippen LogP contribution is 2.35. The summed E-state index contributed by atoms with van der Waals surface area (Å²) in [5, 5.41) is 6.54. The SMILES string of the molecule is CNC(Cc1cccc(Cl)c1Cl)c1sccc1OC. The molecule has 1 N–H and O–H groups in total. The third-order valence-electron chi connectivity index (χ3n) is 3.00. The van der Waals surface area contributed by atoms with Gasteiger partial charge in [0, 0.05) is 6.04 Å². The average Bonchev–Trinajstić information content (AvgIpc) is 2.88. The molecular formula is C14H15Cl2NOS. The topological polar surface area (TPSA) is 21.3 Å². The van der Waals surface area contributed by atoms with Crippen molar-refractivity contribution < 1.29 is 4.74 Å². The minimum atomic E-state index is 0.158. The first-order valence-corrected chi connectivity index (χ1v) is 7.52. The van der Waals surface area contributed by atoms with E-state index in [1.165, 1.54) is 4.88 Å². The van der Waals surface area contributed by atoms with E-state index in [1.807, 2.05) is 30.6 Å². The van der Waals surface area contributed by atoms with Crippen LogP contribution in [0.3, 0.4) is 0 Å². The van der Waals surface area contributed by atoms with E-state index in [0.717, 1.165) is 17.7 Å². The Hall–Kier alpha value is -0.740. The Bertz CT molecular complexity index is 556. The second-order valence-corrected chi connectivity index (χ2v) is 5.84. The van der Waals surface area contributed by atoms with Crippen molar-refractivity contribution in [2.24, 2.45) is 0 Å². The molecule has 0 amide bonds. The van der Waals surface area contributed by atoms with Gasteiger partial charge in [0.05, 0.1) is 22.0 Å². The van der Waals surface area contributed by atoms with E-state index in [1.54, 1.807) is 24.5 Å². The molecule has 102 valence electrons. The van der Waals surface area contributed by atoms with Crippen LogP contribution in [0.1, 0.15) is 16.5 Å². The molecule has 2 nitrogen and oxygen atoms in total. The molecule has 0 fully saturated rings. The van der Waals surface area contributed by atoms with E-state index in [4.69, 9.17) is 27.9 Å². The summed E-state index contributed by atoms with van der Waals surface area (Å²) >= 11 is 14.0. The monoisotopic (exact) mass is 315 g/mol. The number of halogens is 2. The van der Waals surface area contributed by atoms with Gasteiger partial charge in [-0.05, 0) is 36.5 Å².